The third-order valence-electron chi connectivity index (χ3n) is 2.10. The molecule has 2 aromatic rings. The van der Waals surface area contributed by atoms with Crippen LogP contribution in [-0.4, -0.2) is 33.5 Å². The monoisotopic (exact) mass is 192 g/mol. The number of methoxy groups -OCH3 is 1. The van der Waals surface area contributed by atoms with Crippen molar-refractivity contribution in [2.75, 3.05) is 13.7 Å². The molecule has 0 aliphatic carbocycles. The molecule has 0 aliphatic rings. The number of nitrogens with zero attached hydrogens (tertiary/aromatic N) is 4. The maximum absolute atomic E-state index is 5.00. The van der Waals surface area contributed by atoms with Gasteiger partial charge in [-0.15, -0.1) is 0 Å². The molecule has 0 atom stereocenters. The fourth-order valence-corrected chi connectivity index (χ4v) is 1.40. The normalized spacial score (nSPS) is 11.0. The molecule has 0 amide bonds. The van der Waals surface area contributed by atoms with Gasteiger partial charge in [-0.25, -0.2) is 14.6 Å². The van der Waals surface area contributed by atoms with Crippen LogP contribution in [0.15, 0.2) is 12.5 Å². The van der Waals surface area contributed by atoms with Crippen molar-refractivity contribution in [1.29, 1.82) is 0 Å². The van der Waals surface area contributed by atoms with E-state index in [1.165, 1.54) is 6.33 Å². The average molecular weight is 192 g/mol. The summed E-state index contributed by atoms with van der Waals surface area (Å²) in [6.07, 6.45) is 3.32. The van der Waals surface area contributed by atoms with E-state index in [4.69, 9.17) is 4.74 Å². The van der Waals surface area contributed by atoms with Crippen molar-refractivity contribution in [3.63, 3.8) is 0 Å². The number of aromatic nitrogens is 4. The topological polar surface area (TPSA) is 52.8 Å². The van der Waals surface area contributed by atoms with E-state index in [9.17, 15) is 0 Å². The van der Waals surface area contributed by atoms with E-state index in [2.05, 4.69) is 15.1 Å². The van der Waals surface area contributed by atoms with Gasteiger partial charge in [0.15, 0.2) is 5.65 Å². The van der Waals surface area contributed by atoms with Gasteiger partial charge in [0.25, 0.3) is 0 Å². The molecule has 14 heavy (non-hydrogen) atoms. The average Bonchev–Trinajstić information content (AvgIpc) is 2.54. The van der Waals surface area contributed by atoms with Gasteiger partial charge in [0.05, 0.1) is 24.2 Å². The van der Waals surface area contributed by atoms with E-state index in [0.717, 1.165) is 23.3 Å². The molecule has 5 nitrogen and oxygen atoms in total. The molecule has 0 fully saturated rings. The van der Waals surface area contributed by atoms with Crippen LogP contribution in [-0.2, 0) is 11.3 Å². The Morgan fingerprint density at radius 1 is 1.50 bits per heavy atom. The second-order valence-electron chi connectivity index (χ2n) is 3.06. The summed E-state index contributed by atoms with van der Waals surface area (Å²) in [5.41, 5.74) is 1.83. The summed E-state index contributed by atoms with van der Waals surface area (Å²) in [7, 11) is 1.67. The van der Waals surface area contributed by atoms with Crippen molar-refractivity contribution >= 4 is 11.0 Å². The fourth-order valence-electron chi connectivity index (χ4n) is 1.40. The molecule has 5 heteroatoms. The molecule has 0 saturated carbocycles. The quantitative estimate of drug-likeness (QED) is 0.721. The number of hydrogen-bond donors (Lipinski definition) is 0. The van der Waals surface area contributed by atoms with Gasteiger partial charge in [-0.2, -0.15) is 5.10 Å². The van der Waals surface area contributed by atoms with E-state index in [1.807, 2.05) is 11.6 Å². The highest BCUT2D eigenvalue weighted by atomic mass is 16.5. The highest BCUT2D eigenvalue weighted by molar-refractivity contribution is 5.76. The molecular formula is C9H12N4O. The smallest absolute Gasteiger partial charge is 0.161 e. The molecule has 2 aromatic heterocycles. The number of ether oxygens (including phenoxy) is 1. The van der Waals surface area contributed by atoms with Crippen molar-refractivity contribution in [3.8, 4) is 0 Å². The summed E-state index contributed by atoms with van der Waals surface area (Å²) >= 11 is 0. The lowest BCUT2D eigenvalue weighted by Crippen LogP contribution is -2.06. The predicted octanol–water partition coefficient (Wildman–Crippen LogP) is 0.781. The molecule has 2 rings (SSSR count). The lowest BCUT2D eigenvalue weighted by atomic mass is 10.3. The first-order valence-electron chi connectivity index (χ1n) is 4.45. The number of fused-ring (bicyclic) bond motifs is 1. The molecule has 0 saturated heterocycles. The van der Waals surface area contributed by atoms with Crippen LogP contribution in [0.4, 0.5) is 0 Å². The van der Waals surface area contributed by atoms with Crippen LogP contribution in [0.25, 0.3) is 11.0 Å². The summed E-state index contributed by atoms with van der Waals surface area (Å²) < 4.78 is 6.84. The van der Waals surface area contributed by atoms with Crippen LogP contribution in [0.1, 0.15) is 5.69 Å². The highest BCUT2D eigenvalue weighted by Gasteiger charge is 2.07. The van der Waals surface area contributed by atoms with Crippen molar-refractivity contribution in [2.24, 2.45) is 0 Å². The second-order valence-corrected chi connectivity index (χ2v) is 3.06. The molecular weight excluding hydrogens is 180 g/mol. The zero-order chi connectivity index (χ0) is 9.97. The van der Waals surface area contributed by atoms with E-state index in [0.29, 0.717) is 6.61 Å². The van der Waals surface area contributed by atoms with Crippen LogP contribution in [0.5, 0.6) is 0 Å². The van der Waals surface area contributed by atoms with Gasteiger partial charge >= 0.3 is 0 Å². The summed E-state index contributed by atoms with van der Waals surface area (Å²) in [6, 6.07) is 0. The van der Waals surface area contributed by atoms with E-state index in [-0.39, 0.29) is 0 Å². The SMILES string of the molecule is COCCn1nc(C)c2cncnc21. The highest BCUT2D eigenvalue weighted by Crippen LogP contribution is 2.13. The Labute approximate surface area is 81.7 Å². The largest absolute Gasteiger partial charge is 0.383 e. The van der Waals surface area contributed by atoms with Crippen molar-refractivity contribution in [3.05, 3.63) is 18.2 Å². The molecule has 0 bridgehead atoms. The fraction of sp³-hybridized carbons (Fsp3) is 0.444. The number of rotatable bonds is 3. The zero-order valence-corrected chi connectivity index (χ0v) is 8.27. The van der Waals surface area contributed by atoms with Gasteiger partial charge in [0, 0.05) is 13.3 Å². The van der Waals surface area contributed by atoms with E-state index in [1.54, 1.807) is 13.3 Å². The van der Waals surface area contributed by atoms with Crippen LogP contribution >= 0.6 is 0 Å². The Hall–Kier alpha value is -1.49. The number of aryl methyl sites for hydroxylation is 1. The molecule has 0 aliphatic heterocycles. The standard InChI is InChI=1S/C9H12N4O/c1-7-8-5-10-6-11-9(8)13(12-7)3-4-14-2/h5-6H,3-4H2,1-2H3. The van der Waals surface area contributed by atoms with E-state index >= 15 is 0 Å². The molecule has 74 valence electrons. The Morgan fingerprint density at radius 3 is 3.14 bits per heavy atom. The minimum absolute atomic E-state index is 0.639. The minimum Gasteiger partial charge on any atom is -0.383 e. The zero-order valence-electron chi connectivity index (χ0n) is 8.27. The first-order chi connectivity index (χ1) is 6.83. The summed E-state index contributed by atoms with van der Waals surface area (Å²) in [5.74, 6) is 0. The van der Waals surface area contributed by atoms with Crippen molar-refractivity contribution in [2.45, 2.75) is 13.5 Å². The summed E-state index contributed by atoms with van der Waals surface area (Å²) in [4.78, 5) is 8.16. The Balaban J connectivity index is 2.44. The lowest BCUT2D eigenvalue weighted by Gasteiger charge is -2.00. The minimum atomic E-state index is 0.639. The lowest BCUT2D eigenvalue weighted by molar-refractivity contribution is 0.184. The molecule has 0 unspecified atom stereocenters. The molecule has 0 N–H and O–H groups in total. The summed E-state index contributed by atoms with van der Waals surface area (Å²) in [5, 5.41) is 5.36. The Kier molecular flexibility index (Phi) is 2.41. The van der Waals surface area contributed by atoms with Crippen LogP contribution in [0.2, 0.25) is 0 Å². The third kappa shape index (κ3) is 1.46. The first kappa shape index (κ1) is 9.08. The molecule has 0 aromatic carbocycles. The van der Waals surface area contributed by atoms with Gasteiger partial charge in [-0.1, -0.05) is 0 Å². The first-order valence-corrected chi connectivity index (χ1v) is 4.45. The van der Waals surface area contributed by atoms with Gasteiger partial charge < -0.3 is 4.74 Å². The number of hydrogen-bond acceptors (Lipinski definition) is 4. The maximum atomic E-state index is 5.00. The van der Waals surface area contributed by atoms with Crippen molar-refractivity contribution < 1.29 is 4.74 Å². The molecule has 0 radical (unpaired) electrons. The van der Waals surface area contributed by atoms with Gasteiger partial charge in [-0.3, -0.25) is 0 Å². The molecule has 2 heterocycles. The maximum Gasteiger partial charge on any atom is 0.161 e. The van der Waals surface area contributed by atoms with Crippen LogP contribution in [0, 0.1) is 6.92 Å². The predicted molar refractivity (Wildman–Crippen MR) is 51.9 cm³/mol. The van der Waals surface area contributed by atoms with Gasteiger partial charge in [0.1, 0.15) is 6.33 Å². The van der Waals surface area contributed by atoms with Gasteiger partial charge in [0.2, 0.25) is 0 Å². The van der Waals surface area contributed by atoms with E-state index < -0.39 is 0 Å². The van der Waals surface area contributed by atoms with Crippen LogP contribution in [0.3, 0.4) is 0 Å². The Morgan fingerprint density at radius 2 is 2.36 bits per heavy atom. The second kappa shape index (κ2) is 3.71. The molecule has 0 spiro atoms. The van der Waals surface area contributed by atoms with Crippen LogP contribution < -0.4 is 0 Å². The van der Waals surface area contributed by atoms with Crippen molar-refractivity contribution in [1.82, 2.24) is 19.7 Å². The summed E-state index contributed by atoms with van der Waals surface area (Å²) in [6.45, 7) is 3.31. The third-order valence-corrected chi connectivity index (χ3v) is 2.10. The van der Waals surface area contributed by atoms with Gasteiger partial charge in [-0.05, 0) is 6.92 Å². The Bertz CT molecular complexity index is 437.